The molecule has 1 heterocycles. The van der Waals surface area contributed by atoms with E-state index in [4.69, 9.17) is 0 Å². The van der Waals surface area contributed by atoms with Gasteiger partial charge in [-0.25, -0.2) is 4.98 Å². The lowest BCUT2D eigenvalue weighted by molar-refractivity contribution is 0.495. The largest absolute Gasteiger partial charge is 0.327 e. The summed E-state index contributed by atoms with van der Waals surface area (Å²) >= 11 is 0. The fourth-order valence-electron chi connectivity index (χ4n) is 2.20. The van der Waals surface area contributed by atoms with Gasteiger partial charge in [0.15, 0.2) is 0 Å². The van der Waals surface area contributed by atoms with Gasteiger partial charge in [0.2, 0.25) is 0 Å². The molecule has 0 radical (unpaired) electrons. The molecule has 1 aliphatic rings. The zero-order valence-corrected chi connectivity index (χ0v) is 10.7. The van der Waals surface area contributed by atoms with Gasteiger partial charge in [-0.1, -0.05) is 30.3 Å². The van der Waals surface area contributed by atoms with Gasteiger partial charge in [0.1, 0.15) is 5.82 Å². The summed E-state index contributed by atoms with van der Waals surface area (Å²) < 4.78 is 2.25. The lowest BCUT2D eigenvalue weighted by Crippen LogP contribution is -2.25. The van der Waals surface area contributed by atoms with Crippen molar-refractivity contribution < 1.29 is 0 Å². The van der Waals surface area contributed by atoms with E-state index in [0.29, 0.717) is 6.04 Å². The van der Waals surface area contributed by atoms with Crippen molar-refractivity contribution in [3.05, 3.63) is 42.7 Å². The van der Waals surface area contributed by atoms with Gasteiger partial charge in [-0.3, -0.25) is 0 Å². The summed E-state index contributed by atoms with van der Waals surface area (Å²) in [4.78, 5) is 4.49. The van der Waals surface area contributed by atoms with E-state index in [-0.39, 0.29) is 0 Å². The number of nitrogens with one attached hydrogen (secondary N) is 1. The van der Waals surface area contributed by atoms with E-state index in [1.807, 2.05) is 12.3 Å². The first kappa shape index (κ1) is 11.5. The lowest BCUT2D eigenvalue weighted by atomic mass is 10.2. The number of hydrogen-bond donors (Lipinski definition) is 1. The average molecular weight is 241 g/mol. The molecule has 2 aromatic rings. The maximum absolute atomic E-state index is 4.49. The molecule has 1 fully saturated rings. The Labute approximate surface area is 108 Å². The molecule has 3 rings (SSSR count). The minimum atomic E-state index is 0.434. The quantitative estimate of drug-likeness (QED) is 0.872. The maximum atomic E-state index is 4.49. The van der Waals surface area contributed by atoms with E-state index in [9.17, 15) is 0 Å². The van der Waals surface area contributed by atoms with Crippen molar-refractivity contribution in [2.45, 2.75) is 31.8 Å². The van der Waals surface area contributed by atoms with E-state index in [1.165, 1.54) is 18.4 Å². The van der Waals surface area contributed by atoms with Crippen LogP contribution < -0.4 is 5.32 Å². The summed E-state index contributed by atoms with van der Waals surface area (Å²) in [6.07, 6.45) is 6.63. The summed E-state index contributed by atoms with van der Waals surface area (Å²) in [5.41, 5.74) is 1.18. The number of rotatable bonds is 5. The number of benzene rings is 1. The third-order valence-corrected chi connectivity index (χ3v) is 3.45. The molecule has 0 bridgehead atoms. The highest BCUT2D eigenvalue weighted by molar-refractivity contribution is 5.55. The van der Waals surface area contributed by atoms with Gasteiger partial charge in [0, 0.05) is 36.6 Å². The fraction of sp³-hybridized carbons (Fsp3) is 0.400. The first-order chi connectivity index (χ1) is 8.84. The smallest absolute Gasteiger partial charge is 0.140 e. The maximum Gasteiger partial charge on any atom is 0.140 e. The van der Waals surface area contributed by atoms with Crippen LogP contribution in [0.15, 0.2) is 42.7 Å². The van der Waals surface area contributed by atoms with Crippen molar-refractivity contribution in [2.24, 2.45) is 0 Å². The van der Waals surface area contributed by atoms with E-state index < -0.39 is 0 Å². The molecule has 0 spiro atoms. The Bertz CT molecular complexity index is 499. The minimum Gasteiger partial charge on any atom is -0.327 e. The van der Waals surface area contributed by atoms with Crippen molar-refractivity contribution in [1.29, 1.82) is 0 Å². The van der Waals surface area contributed by atoms with Gasteiger partial charge >= 0.3 is 0 Å². The molecule has 1 N–H and O–H groups in total. The molecule has 3 heteroatoms. The van der Waals surface area contributed by atoms with E-state index >= 15 is 0 Å². The topological polar surface area (TPSA) is 29.9 Å². The Kier molecular flexibility index (Phi) is 3.15. The third-order valence-electron chi connectivity index (χ3n) is 3.45. The second kappa shape index (κ2) is 4.94. The monoisotopic (exact) mass is 241 g/mol. The van der Waals surface area contributed by atoms with Gasteiger partial charge in [0.25, 0.3) is 0 Å². The Morgan fingerprint density at radius 2 is 2.11 bits per heavy atom. The van der Waals surface area contributed by atoms with Crippen LogP contribution in [0, 0.1) is 0 Å². The first-order valence-corrected chi connectivity index (χ1v) is 6.66. The van der Waals surface area contributed by atoms with Gasteiger partial charge in [0.05, 0.1) is 0 Å². The SMILES string of the molecule is CC(CNC1CC1)n1ccnc1-c1ccccc1. The normalized spacial score (nSPS) is 16.7. The summed E-state index contributed by atoms with van der Waals surface area (Å²) in [6, 6.07) is 11.6. The molecule has 1 aromatic carbocycles. The van der Waals surface area contributed by atoms with Crippen LogP contribution >= 0.6 is 0 Å². The molecule has 0 saturated heterocycles. The van der Waals surface area contributed by atoms with E-state index in [2.05, 4.69) is 52.3 Å². The predicted molar refractivity (Wildman–Crippen MR) is 73.4 cm³/mol. The zero-order valence-electron chi connectivity index (χ0n) is 10.7. The second-order valence-electron chi connectivity index (χ2n) is 5.06. The summed E-state index contributed by atoms with van der Waals surface area (Å²) in [5, 5.41) is 3.57. The number of hydrogen-bond acceptors (Lipinski definition) is 2. The number of imidazole rings is 1. The molecule has 94 valence electrons. The van der Waals surface area contributed by atoms with Crippen LogP contribution in [0.2, 0.25) is 0 Å². The molecule has 1 unspecified atom stereocenters. The second-order valence-corrected chi connectivity index (χ2v) is 5.06. The van der Waals surface area contributed by atoms with Crippen LogP contribution in [0.3, 0.4) is 0 Å². The molecule has 0 aliphatic heterocycles. The van der Waals surface area contributed by atoms with E-state index in [1.54, 1.807) is 0 Å². The van der Waals surface area contributed by atoms with Crippen molar-refractivity contribution in [1.82, 2.24) is 14.9 Å². The van der Waals surface area contributed by atoms with E-state index in [0.717, 1.165) is 18.4 Å². The summed E-state index contributed by atoms with van der Waals surface area (Å²) in [5.74, 6) is 1.06. The van der Waals surface area contributed by atoms with Crippen molar-refractivity contribution >= 4 is 0 Å². The first-order valence-electron chi connectivity index (χ1n) is 6.66. The zero-order chi connectivity index (χ0) is 12.4. The van der Waals surface area contributed by atoms with Crippen LogP contribution in [-0.4, -0.2) is 22.1 Å². The highest BCUT2D eigenvalue weighted by Gasteiger charge is 2.21. The highest BCUT2D eigenvalue weighted by Crippen LogP contribution is 2.22. The molecule has 1 aliphatic carbocycles. The molecule has 1 saturated carbocycles. The van der Waals surface area contributed by atoms with Gasteiger partial charge < -0.3 is 9.88 Å². The van der Waals surface area contributed by atoms with Crippen molar-refractivity contribution in [3.8, 4) is 11.4 Å². The van der Waals surface area contributed by atoms with Crippen LogP contribution in [0.4, 0.5) is 0 Å². The van der Waals surface area contributed by atoms with Crippen LogP contribution in [-0.2, 0) is 0 Å². The standard InChI is InChI=1S/C15H19N3/c1-12(11-17-14-7-8-14)18-10-9-16-15(18)13-5-3-2-4-6-13/h2-6,9-10,12,14,17H,7-8,11H2,1H3. The average Bonchev–Trinajstić information content (AvgIpc) is 3.11. The van der Waals surface area contributed by atoms with Crippen LogP contribution in [0.1, 0.15) is 25.8 Å². The van der Waals surface area contributed by atoms with Crippen molar-refractivity contribution in [2.75, 3.05) is 6.54 Å². The molecular formula is C15H19N3. The summed E-state index contributed by atoms with van der Waals surface area (Å²) in [7, 11) is 0. The Morgan fingerprint density at radius 3 is 2.83 bits per heavy atom. The molecule has 3 nitrogen and oxygen atoms in total. The molecule has 1 aromatic heterocycles. The van der Waals surface area contributed by atoms with Gasteiger partial charge in [-0.05, 0) is 19.8 Å². The van der Waals surface area contributed by atoms with Crippen LogP contribution in [0.25, 0.3) is 11.4 Å². The Balaban J connectivity index is 1.77. The molecule has 1 atom stereocenters. The summed E-state index contributed by atoms with van der Waals surface area (Å²) in [6.45, 7) is 3.25. The van der Waals surface area contributed by atoms with Crippen LogP contribution in [0.5, 0.6) is 0 Å². The third kappa shape index (κ3) is 2.46. The molecular weight excluding hydrogens is 222 g/mol. The predicted octanol–water partition coefficient (Wildman–Crippen LogP) is 2.86. The lowest BCUT2D eigenvalue weighted by Gasteiger charge is -2.17. The van der Waals surface area contributed by atoms with Gasteiger partial charge in [-0.15, -0.1) is 0 Å². The number of aromatic nitrogens is 2. The number of nitrogens with zero attached hydrogens (tertiary/aromatic N) is 2. The van der Waals surface area contributed by atoms with Crippen molar-refractivity contribution in [3.63, 3.8) is 0 Å². The fourth-order valence-corrected chi connectivity index (χ4v) is 2.20. The minimum absolute atomic E-state index is 0.434. The van der Waals surface area contributed by atoms with Gasteiger partial charge in [-0.2, -0.15) is 0 Å². The Hall–Kier alpha value is -1.61. The molecule has 18 heavy (non-hydrogen) atoms. The highest BCUT2D eigenvalue weighted by atomic mass is 15.1. The Morgan fingerprint density at radius 1 is 1.33 bits per heavy atom. The molecule has 0 amide bonds.